The molecule has 1 unspecified atom stereocenters. The average molecular weight is 101 g/mol. The fourth-order valence-corrected chi connectivity index (χ4v) is 0.486. The van der Waals surface area contributed by atoms with E-state index in [-0.39, 0.29) is 18.4 Å². The molecule has 0 aromatic rings. The van der Waals surface area contributed by atoms with E-state index in [1.807, 2.05) is 0 Å². The van der Waals surface area contributed by atoms with E-state index in [0.29, 0.717) is 6.61 Å². The van der Waals surface area contributed by atoms with Crippen molar-refractivity contribution in [2.24, 2.45) is 5.73 Å². The van der Waals surface area contributed by atoms with E-state index in [0.717, 1.165) is 0 Å². The van der Waals surface area contributed by atoms with Crippen LogP contribution in [0.4, 0.5) is 0 Å². The van der Waals surface area contributed by atoms with Crippen molar-refractivity contribution >= 4 is 5.78 Å². The molecule has 0 aromatic heterocycles. The molecule has 0 aromatic carbocycles. The molecular formula is C4H7NO2. The summed E-state index contributed by atoms with van der Waals surface area (Å²) in [7, 11) is 0. The number of carbonyl (C=O) groups is 1. The van der Waals surface area contributed by atoms with Crippen LogP contribution in [0.15, 0.2) is 0 Å². The lowest BCUT2D eigenvalue weighted by atomic mass is 10.3. The van der Waals surface area contributed by atoms with Gasteiger partial charge in [0.25, 0.3) is 0 Å². The summed E-state index contributed by atoms with van der Waals surface area (Å²) in [6.07, 6.45) is 0. The smallest absolute Gasteiger partial charge is 0.177 e. The summed E-state index contributed by atoms with van der Waals surface area (Å²) in [5.74, 6) is 0.0139. The van der Waals surface area contributed by atoms with E-state index < -0.39 is 0 Å². The fourth-order valence-electron chi connectivity index (χ4n) is 0.486. The Hall–Kier alpha value is -0.410. The lowest BCUT2D eigenvalue weighted by Crippen LogP contribution is -2.27. The van der Waals surface area contributed by atoms with Gasteiger partial charge in [0, 0.05) is 0 Å². The predicted molar refractivity (Wildman–Crippen MR) is 23.8 cm³/mol. The number of nitrogens with two attached hydrogens (primary N) is 1. The van der Waals surface area contributed by atoms with Gasteiger partial charge in [-0.25, -0.2) is 0 Å². The van der Waals surface area contributed by atoms with Crippen molar-refractivity contribution in [1.29, 1.82) is 0 Å². The number of hydrogen-bond donors (Lipinski definition) is 1. The maximum Gasteiger partial charge on any atom is 0.177 e. The normalized spacial score (nSPS) is 31.6. The van der Waals surface area contributed by atoms with Crippen LogP contribution in [0, 0.1) is 0 Å². The number of Topliss-reactive ketones (excluding diaryl/α,β-unsaturated/α-hetero) is 1. The van der Waals surface area contributed by atoms with Crippen LogP contribution in [-0.4, -0.2) is 25.0 Å². The van der Waals surface area contributed by atoms with Gasteiger partial charge < -0.3 is 10.5 Å². The summed E-state index contributed by atoms with van der Waals surface area (Å²) >= 11 is 0. The maximum absolute atomic E-state index is 10.3. The fraction of sp³-hybridized carbons (Fsp3) is 0.750. The largest absolute Gasteiger partial charge is 0.372 e. The molecule has 1 rings (SSSR count). The Labute approximate surface area is 41.4 Å². The van der Waals surface area contributed by atoms with Gasteiger partial charge in [-0.2, -0.15) is 0 Å². The Morgan fingerprint density at radius 1 is 1.86 bits per heavy atom. The summed E-state index contributed by atoms with van der Waals surface area (Å²) in [5.41, 5.74) is 5.20. The first-order valence-corrected chi connectivity index (χ1v) is 2.17. The van der Waals surface area contributed by atoms with Crippen molar-refractivity contribution < 1.29 is 9.53 Å². The van der Waals surface area contributed by atoms with Gasteiger partial charge >= 0.3 is 0 Å². The summed E-state index contributed by atoms with van der Waals surface area (Å²) in [6.45, 7) is 0.611. The first-order valence-electron chi connectivity index (χ1n) is 2.17. The molecule has 3 heteroatoms. The minimum Gasteiger partial charge on any atom is -0.372 e. The highest BCUT2D eigenvalue weighted by Crippen LogP contribution is 1.93. The Kier molecular flexibility index (Phi) is 1.08. The lowest BCUT2D eigenvalue weighted by molar-refractivity contribution is -0.118. The lowest BCUT2D eigenvalue weighted by Gasteiger charge is -1.89. The summed E-state index contributed by atoms with van der Waals surface area (Å²) in [5, 5.41) is 0. The van der Waals surface area contributed by atoms with Crippen LogP contribution < -0.4 is 5.73 Å². The van der Waals surface area contributed by atoms with E-state index in [4.69, 9.17) is 10.5 Å². The second kappa shape index (κ2) is 1.60. The molecule has 1 fully saturated rings. The second-order valence-electron chi connectivity index (χ2n) is 1.59. The van der Waals surface area contributed by atoms with Crippen LogP contribution in [0.25, 0.3) is 0 Å². The number of ether oxygens (including phenoxy) is 1. The van der Waals surface area contributed by atoms with Gasteiger partial charge in [0.15, 0.2) is 5.78 Å². The van der Waals surface area contributed by atoms with Crippen molar-refractivity contribution in [3.8, 4) is 0 Å². The first-order chi connectivity index (χ1) is 3.30. The maximum atomic E-state index is 10.3. The van der Waals surface area contributed by atoms with Crippen LogP contribution in [0.1, 0.15) is 0 Å². The predicted octanol–water partition coefficient (Wildman–Crippen LogP) is -1.09. The minimum absolute atomic E-state index is 0.0139. The Morgan fingerprint density at radius 3 is 2.71 bits per heavy atom. The van der Waals surface area contributed by atoms with Crippen LogP contribution in [-0.2, 0) is 9.53 Å². The van der Waals surface area contributed by atoms with Crippen LogP contribution in [0.2, 0.25) is 0 Å². The molecule has 1 heterocycles. The highest BCUT2D eigenvalue weighted by atomic mass is 16.5. The molecule has 40 valence electrons. The molecule has 2 N–H and O–H groups in total. The van der Waals surface area contributed by atoms with Gasteiger partial charge in [-0.1, -0.05) is 0 Å². The topological polar surface area (TPSA) is 52.3 Å². The Balaban J connectivity index is 2.48. The summed E-state index contributed by atoms with van der Waals surface area (Å²) in [6, 6.07) is -0.347. The van der Waals surface area contributed by atoms with Crippen LogP contribution in [0.3, 0.4) is 0 Å². The zero-order valence-corrected chi connectivity index (χ0v) is 3.89. The first kappa shape index (κ1) is 4.74. The number of rotatable bonds is 0. The van der Waals surface area contributed by atoms with E-state index >= 15 is 0 Å². The van der Waals surface area contributed by atoms with Gasteiger partial charge in [-0.05, 0) is 0 Å². The van der Waals surface area contributed by atoms with Crippen molar-refractivity contribution in [3.05, 3.63) is 0 Å². The molecular weight excluding hydrogens is 94.0 g/mol. The van der Waals surface area contributed by atoms with Crippen molar-refractivity contribution in [2.75, 3.05) is 13.2 Å². The summed E-state index contributed by atoms with van der Waals surface area (Å²) < 4.78 is 4.69. The standard InChI is InChI=1S/C4H7NO2/c5-3-1-7-2-4(3)6/h3H,1-2,5H2. The van der Waals surface area contributed by atoms with E-state index in [2.05, 4.69) is 0 Å². The zero-order chi connectivity index (χ0) is 5.28. The van der Waals surface area contributed by atoms with Crippen LogP contribution in [0.5, 0.6) is 0 Å². The van der Waals surface area contributed by atoms with Crippen molar-refractivity contribution in [1.82, 2.24) is 0 Å². The van der Waals surface area contributed by atoms with Gasteiger partial charge in [-0.3, -0.25) is 4.79 Å². The molecule has 0 spiro atoms. The van der Waals surface area contributed by atoms with Crippen molar-refractivity contribution in [3.63, 3.8) is 0 Å². The molecule has 1 aliphatic heterocycles. The minimum atomic E-state index is -0.347. The SMILES string of the molecule is NC1COCC1=O. The van der Waals surface area contributed by atoms with Gasteiger partial charge in [0.05, 0.1) is 12.6 Å². The van der Waals surface area contributed by atoms with Gasteiger partial charge in [0.1, 0.15) is 6.61 Å². The Morgan fingerprint density at radius 2 is 2.57 bits per heavy atom. The molecule has 1 saturated heterocycles. The van der Waals surface area contributed by atoms with Crippen LogP contribution >= 0.6 is 0 Å². The molecule has 0 radical (unpaired) electrons. The number of hydrogen-bond acceptors (Lipinski definition) is 3. The molecule has 7 heavy (non-hydrogen) atoms. The third-order valence-electron chi connectivity index (χ3n) is 0.955. The second-order valence-corrected chi connectivity index (χ2v) is 1.59. The quantitative estimate of drug-likeness (QED) is 0.422. The third kappa shape index (κ3) is 0.783. The Bertz CT molecular complexity index is 91.7. The summed E-state index contributed by atoms with van der Waals surface area (Å²) in [4.78, 5) is 10.3. The molecule has 3 nitrogen and oxygen atoms in total. The average Bonchev–Trinajstić information content (AvgIpc) is 1.91. The van der Waals surface area contributed by atoms with Gasteiger partial charge in [-0.15, -0.1) is 0 Å². The van der Waals surface area contributed by atoms with E-state index in [9.17, 15) is 4.79 Å². The highest BCUT2D eigenvalue weighted by molar-refractivity contribution is 5.86. The molecule has 1 aliphatic rings. The molecule has 1 atom stereocenters. The zero-order valence-electron chi connectivity index (χ0n) is 3.89. The van der Waals surface area contributed by atoms with E-state index in [1.54, 1.807) is 0 Å². The molecule has 0 saturated carbocycles. The molecule has 0 aliphatic carbocycles. The van der Waals surface area contributed by atoms with Gasteiger partial charge in [0.2, 0.25) is 0 Å². The highest BCUT2D eigenvalue weighted by Gasteiger charge is 2.19. The molecule has 0 bridgehead atoms. The number of ketones is 1. The molecule has 0 amide bonds. The number of carbonyl (C=O) groups excluding carboxylic acids is 1. The van der Waals surface area contributed by atoms with Crippen molar-refractivity contribution in [2.45, 2.75) is 6.04 Å². The third-order valence-corrected chi connectivity index (χ3v) is 0.955. The van der Waals surface area contributed by atoms with E-state index in [1.165, 1.54) is 0 Å². The monoisotopic (exact) mass is 101 g/mol.